The molecular formula is C13H16N2. The van der Waals surface area contributed by atoms with Crippen LogP contribution in [0.1, 0.15) is 24.1 Å². The van der Waals surface area contributed by atoms with Crippen molar-refractivity contribution in [2.75, 3.05) is 7.05 Å². The Labute approximate surface area is 90.8 Å². The smallest absolute Gasteiger partial charge is 0.0874 e. The van der Waals surface area contributed by atoms with Crippen molar-refractivity contribution in [1.82, 2.24) is 4.98 Å². The van der Waals surface area contributed by atoms with Gasteiger partial charge in [-0.3, -0.25) is 9.98 Å². The minimum Gasteiger partial charge on any atom is -0.291 e. The molecule has 2 nitrogen and oxygen atoms in total. The summed E-state index contributed by atoms with van der Waals surface area (Å²) in [7, 11) is 1.86. The Morgan fingerprint density at radius 3 is 3.27 bits per heavy atom. The Kier molecular flexibility index (Phi) is 2.95. The van der Waals surface area contributed by atoms with Gasteiger partial charge in [-0.1, -0.05) is 12.1 Å². The fourth-order valence-electron chi connectivity index (χ4n) is 2.25. The zero-order chi connectivity index (χ0) is 10.7. The normalized spacial score (nSPS) is 22.5. The summed E-state index contributed by atoms with van der Waals surface area (Å²) in [6.45, 7) is 3.80. The molecule has 1 heterocycles. The molecule has 1 aliphatic rings. The highest BCUT2D eigenvalue weighted by Crippen LogP contribution is 2.26. The van der Waals surface area contributed by atoms with E-state index in [1.54, 1.807) is 0 Å². The van der Waals surface area contributed by atoms with Crippen LogP contribution in [-0.4, -0.2) is 17.7 Å². The second-order valence-electron chi connectivity index (χ2n) is 3.88. The Balaban J connectivity index is 2.39. The maximum Gasteiger partial charge on any atom is 0.0874 e. The predicted octanol–water partition coefficient (Wildman–Crippen LogP) is 2.64. The van der Waals surface area contributed by atoms with E-state index in [1.165, 1.54) is 5.56 Å². The van der Waals surface area contributed by atoms with Gasteiger partial charge in [-0.25, -0.2) is 0 Å². The number of aryl methyl sites for hydroxylation is 1. The Morgan fingerprint density at radius 1 is 1.67 bits per heavy atom. The van der Waals surface area contributed by atoms with Crippen molar-refractivity contribution in [3.8, 4) is 0 Å². The maximum absolute atomic E-state index is 4.44. The monoisotopic (exact) mass is 200 g/mol. The summed E-state index contributed by atoms with van der Waals surface area (Å²) in [5.41, 5.74) is 3.58. The zero-order valence-electron chi connectivity index (χ0n) is 9.11. The molecule has 2 rings (SSSR count). The molecule has 1 aliphatic carbocycles. The molecule has 0 saturated carbocycles. The van der Waals surface area contributed by atoms with Crippen molar-refractivity contribution in [1.29, 1.82) is 0 Å². The molecule has 0 bridgehead atoms. The highest BCUT2D eigenvalue weighted by atomic mass is 14.8. The molecule has 0 spiro atoms. The minimum atomic E-state index is 0.509. The second kappa shape index (κ2) is 4.39. The van der Waals surface area contributed by atoms with Crippen LogP contribution in [-0.2, 0) is 6.42 Å². The van der Waals surface area contributed by atoms with Crippen LogP contribution < -0.4 is 0 Å². The van der Waals surface area contributed by atoms with Crippen LogP contribution in [0.3, 0.4) is 0 Å². The van der Waals surface area contributed by atoms with Gasteiger partial charge in [0.25, 0.3) is 0 Å². The first-order valence-corrected chi connectivity index (χ1v) is 5.38. The van der Waals surface area contributed by atoms with Gasteiger partial charge in [0.05, 0.1) is 11.4 Å². The number of fused-ring (bicyclic) bond motifs is 1. The number of rotatable bonds is 2. The quantitative estimate of drug-likeness (QED) is 0.674. The van der Waals surface area contributed by atoms with Gasteiger partial charge in [0.15, 0.2) is 0 Å². The Bertz CT molecular complexity index is 393. The van der Waals surface area contributed by atoms with E-state index < -0.39 is 0 Å². The average molecular weight is 200 g/mol. The number of hydrogen-bond donors (Lipinski definition) is 0. The molecule has 1 atom stereocenters. The van der Waals surface area contributed by atoms with E-state index in [4.69, 9.17) is 0 Å². The summed E-state index contributed by atoms with van der Waals surface area (Å²) >= 11 is 0. The molecular weight excluding hydrogens is 184 g/mol. The van der Waals surface area contributed by atoms with Crippen LogP contribution in [0.2, 0.25) is 0 Å². The van der Waals surface area contributed by atoms with Crippen molar-refractivity contribution in [2.45, 2.75) is 19.3 Å². The first-order chi connectivity index (χ1) is 7.36. The van der Waals surface area contributed by atoms with Crippen LogP contribution in [0, 0.1) is 5.92 Å². The van der Waals surface area contributed by atoms with Crippen LogP contribution in [0.4, 0.5) is 0 Å². The van der Waals surface area contributed by atoms with Crippen LogP contribution in [0.25, 0.3) is 0 Å². The first kappa shape index (κ1) is 10.1. The van der Waals surface area contributed by atoms with E-state index in [0.717, 1.165) is 30.7 Å². The van der Waals surface area contributed by atoms with E-state index in [0.29, 0.717) is 5.92 Å². The highest BCUT2D eigenvalue weighted by Gasteiger charge is 2.24. The molecule has 0 aromatic carbocycles. The van der Waals surface area contributed by atoms with E-state index in [9.17, 15) is 0 Å². The molecule has 0 fully saturated rings. The summed E-state index contributed by atoms with van der Waals surface area (Å²) in [5.74, 6) is 0.509. The van der Waals surface area contributed by atoms with Crippen molar-refractivity contribution in [3.63, 3.8) is 0 Å². The molecule has 0 amide bonds. The lowest BCUT2D eigenvalue weighted by Gasteiger charge is -2.24. The molecule has 1 aromatic rings. The van der Waals surface area contributed by atoms with Crippen LogP contribution >= 0.6 is 0 Å². The van der Waals surface area contributed by atoms with Crippen molar-refractivity contribution < 1.29 is 0 Å². The third-order valence-corrected chi connectivity index (χ3v) is 2.97. The third-order valence-electron chi connectivity index (χ3n) is 2.97. The number of aliphatic imine (C=N–C) groups is 1. The van der Waals surface area contributed by atoms with Crippen molar-refractivity contribution in [2.24, 2.45) is 10.9 Å². The number of pyridine rings is 1. The third kappa shape index (κ3) is 1.84. The molecule has 78 valence electrons. The lowest BCUT2D eigenvalue weighted by atomic mass is 9.83. The predicted molar refractivity (Wildman–Crippen MR) is 63.3 cm³/mol. The van der Waals surface area contributed by atoms with E-state index in [1.807, 2.05) is 25.4 Å². The van der Waals surface area contributed by atoms with E-state index in [-0.39, 0.29) is 0 Å². The fourth-order valence-corrected chi connectivity index (χ4v) is 2.25. The zero-order valence-corrected chi connectivity index (χ0v) is 9.11. The molecule has 2 heteroatoms. The lowest BCUT2D eigenvalue weighted by Crippen LogP contribution is -2.24. The van der Waals surface area contributed by atoms with Gasteiger partial charge < -0.3 is 0 Å². The number of allylic oxidation sites excluding steroid dienone is 1. The van der Waals surface area contributed by atoms with Gasteiger partial charge in [-0.05, 0) is 30.9 Å². The molecule has 1 unspecified atom stereocenters. The summed E-state index contributed by atoms with van der Waals surface area (Å²) in [4.78, 5) is 8.83. The first-order valence-electron chi connectivity index (χ1n) is 5.38. The molecule has 0 saturated heterocycles. The van der Waals surface area contributed by atoms with Crippen molar-refractivity contribution in [3.05, 3.63) is 42.2 Å². The van der Waals surface area contributed by atoms with Crippen molar-refractivity contribution >= 4 is 5.71 Å². The lowest BCUT2D eigenvalue weighted by molar-refractivity contribution is 0.612. The van der Waals surface area contributed by atoms with Gasteiger partial charge in [0.2, 0.25) is 0 Å². The van der Waals surface area contributed by atoms with Gasteiger partial charge in [0.1, 0.15) is 0 Å². The summed E-state index contributed by atoms with van der Waals surface area (Å²) in [6.07, 6.45) is 7.10. The summed E-state index contributed by atoms with van der Waals surface area (Å²) < 4.78 is 0. The highest BCUT2D eigenvalue weighted by molar-refractivity contribution is 6.02. The average Bonchev–Trinajstić information content (AvgIpc) is 2.29. The molecule has 0 radical (unpaired) electrons. The number of nitrogens with zero attached hydrogens (tertiary/aromatic N) is 2. The fraction of sp³-hybridized carbons (Fsp3) is 0.385. The maximum atomic E-state index is 4.44. The standard InChI is InChI=1S/C13H16N2/c1-3-5-10-7-8-11-6-4-9-15-13(11)12(10)14-2/h3-4,6,9-10H,1,5,7-8H2,2H3. The van der Waals surface area contributed by atoms with Crippen LogP contribution in [0.5, 0.6) is 0 Å². The van der Waals surface area contributed by atoms with Gasteiger partial charge >= 0.3 is 0 Å². The Hall–Kier alpha value is -1.44. The van der Waals surface area contributed by atoms with Gasteiger partial charge in [0, 0.05) is 19.2 Å². The van der Waals surface area contributed by atoms with Crippen LogP contribution in [0.15, 0.2) is 36.0 Å². The minimum absolute atomic E-state index is 0.509. The Morgan fingerprint density at radius 2 is 2.53 bits per heavy atom. The van der Waals surface area contributed by atoms with Gasteiger partial charge in [-0.2, -0.15) is 0 Å². The summed E-state index contributed by atoms with van der Waals surface area (Å²) in [5, 5.41) is 0. The number of aromatic nitrogens is 1. The number of hydrogen-bond acceptors (Lipinski definition) is 2. The van der Waals surface area contributed by atoms with E-state index >= 15 is 0 Å². The second-order valence-corrected chi connectivity index (χ2v) is 3.88. The molecule has 0 N–H and O–H groups in total. The molecule has 0 aliphatic heterocycles. The van der Waals surface area contributed by atoms with E-state index in [2.05, 4.69) is 22.6 Å². The molecule has 15 heavy (non-hydrogen) atoms. The van der Waals surface area contributed by atoms with Gasteiger partial charge in [-0.15, -0.1) is 6.58 Å². The summed E-state index contributed by atoms with van der Waals surface area (Å²) in [6, 6.07) is 4.15. The topological polar surface area (TPSA) is 25.2 Å². The molecule has 1 aromatic heterocycles. The largest absolute Gasteiger partial charge is 0.291 e. The SMILES string of the molecule is C=CCC1CCc2cccnc2C1=NC.